The molecule has 20 heavy (non-hydrogen) atoms. The number of nitrogens with one attached hydrogen (secondary N) is 1. The van der Waals surface area contributed by atoms with Crippen molar-refractivity contribution in [3.8, 4) is 5.75 Å². The average Bonchev–Trinajstić information content (AvgIpc) is 2.94. The fourth-order valence-corrected chi connectivity index (χ4v) is 3.36. The van der Waals surface area contributed by atoms with Gasteiger partial charge in [-0.2, -0.15) is 0 Å². The van der Waals surface area contributed by atoms with Crippen molar-refractivity contribution in [2.45, 2.75) is 39.2 Å². The van der Waals surface area contributed by atoms with Gasteiger partial charge in [0, 0.05) is 36.3 Å². The van der Waals surface area contributed by atoms with Gasteiger partial charge >= 0.3 is 0 Å². The Morgan fingerprint density at radius 1 is 1.40 bits per heavy atom. The molecular weight excluding hydrogens is 248 g/mol. The van der Waals surface area contributed by atoms with Crippen molar-refractivity contribution >= 4 is 5.69 Å². The zero-order valence-electron chi connectivity index (χ0n) is 12.7. The summed E-state index contributed by atoms with van der Waals surface area (Å²) in [5.74, 6) is 1.77. The van der Waals surface area contributed by atoms with Crippen LogP contribution in [0.25, 0.3) is 0 Å². The van der Waals surface area contributed by atoms with Gasteiger partial charge in [-0.1, -0.05) is 6.07 Å². The monoisotopic (exact) mass is 274 g/mol. The Bertz CT molecular complexity index is 458. The predicted octanol–water partition coefficient (Wildman–Crippen LogP) is 3.15. The predicted molar refractivity (Wildman–Crippen MR) is 83.6 cm³/mol. The Labute approximate surface area is 122 Å². The van der Waals surface area contributed by atoms with Crippen LogP contribution in [0.4, 0.5) is 5.69 Å². The lowest BCUT2D eigenvalue weighted by molar-refractivity contribution is 0.107. The number of nitrogens with zero attached hydrogens (tertiary/aromatic N) is 1. The number of benzene rings is 1. The summed E-state index contributed by atoms with van der Waals surface area (Å²) < 4.78 is 6.15. The Morgan fingerprint density at radius 2 is 2.30 bits per heavy atom. The van der Waals surface area contributed by atoms with Crippen LogP contribution >= 0.6 is 0 Å². The van der Waals surface area contributed by atoms with Gasteiger partial charge in [0.2, 0.25) is 0 Å². The number of piperidine rings is 1. The van der Waals surface area contributed by atoms with Gasteiger partial charge in [-0.05, 0) is 51.8 Å². The van der Waals surface area contributed by atoms with Crippen molar-refractivity contribution < 1.29 is 4.74 Å². The van der Waals surface area contributed by atoms with Crippen molar-refractivity contribution in [2.24, 2.45) is 5.92 Å². The highest BCUT2D eigenvalue weighted by atomic mass is 16.5. The van der Waals surface area contributed by atoms with Crippen molar-refractivity contribution in [3.05, 3.63) is 23.8 Å². The maximum absolute atomic E-state index is 6.15. The van der Waals surface area contributed by atoms with Crippen LogP contribution in [-0.4, -0.2) is 37.2 Å². The lowest BCUT2D eigenvalue weighted by Crippen LogP contribution is -2.41. The first-order valence-corrected chi connectivity index (χ1v) is 7.96. The minimum atomic E-state index is 0.656. The molecule has 2 heterocycles. The van der Waals surface area contributed by atoms with E-state index in [0.717, 1.165) is 25.3 Å². The molecule has 3 heteroatoms. The van der Waals surface area contributed by atoms with Crippen LogP contribution in [0.15, 0.2) is 18.2 Å². The first-order chi connectivity index (χ1) is 9.74. The van der Waals surface area contributed by atoms with Gasteiger partial charge in [-0.25, -0.2) is 0 Å². The van der Waals surface area contributed by atoms with Gasteiger partial charge in [0.1, 0.15) is 5.75 Å². The summed E-state index contributed by atoms with van der Waals surface area (Å²) in [7, 11) is 0. The third kappa shape index (κ3) is 2.93. The largest absolute Gasteiger partial charge is 0.493 e. The molecule has 2 aliphatic rings. The van der Waals surface area contributed by atoms with Crippen LogP contribution < -0.4 is 10.1 Å². The smallest absolute Gasteiger partial charge is 0.124 e. The lowest BCUT2D eigenvalue weighted by Gasteiger charge is -2.35. The number of fused-ring (bicyclic) bond motifs is 1. The fraction of sp³-hybridized carbons (Fsp3) is 0.647. The molecule has 0 aromatic heterocycles. The van der Waals surface area contributed by atoms with Crippen LogP contribution in [0.1, 0.15) is 32.3 Å². The molecule has 3 nitrogen and oxygen atoms in total. The average molecular weight is 274 g/mol. The zero-order chi connectivity index (χ0) is 13.9. The molecule has 0 amide bonds. The summed E-state index contributed by atoms with van der Waals surface area (Å²) in [6.07, 6.45) is 3.70. The summed E-state index contributed by atoms with van der Waals surface area (Å²) >= 11 is 0. The van der Waals surface area contributed by atoms with Crippen molar-refractivity contribution in [3.63, 3.8) is 0 Å². The minimum absolute atomic E-state index is 0.656. The minimum Gasteiger partial charge on any atom is -0.493 e. The van der Waals surface area contributed by atoms with E-state index in [2.05, 4.69) is 42.3 Å². The number of hydrogen-bond acceptors (Lipinski definition) is 3. The summed E-state index contributed by atoms with van der Waals surface area (Å²) in [6.45, 7) is 8.92. The molecule has 0 aliphatic carbocycles. The molecule has 1 unspecified atom stereocenters. The van der Waals surface area contributed by atoms with Crippen LogP contribution in [-0.2, 0) is 6.42 Å². The summed E-state index contributed by atoms with van der Waals surface area (Å²) in [5, 5.41) is 3.41. The van der Waals surface area contributed by atoms with Crippen molar-refractivity contribution in [2.75, 3.05) is 31.6 Å². The molecule has 110 valence electrons. The number of likely N-dealkylation sites (tertiary alicyclic amines) is 1. The number of ether oxygens (including phenoxy) is 1. The summed E-state index contributed by atoms with van der Waals surface area (Å²) in [5.41, 5.74) is 2.62. The van der Waals surface area contributed by atoms with Gasteiger partial charge in [0.05, 0.1) is 6.61 Å². The molecule has 1 saturated heterocycles. The van der Waals surface area contributed by atoms with Crippen LogP contribution in [0.2, 0.25) is 0 Å². The molecule has 0 saturated carbocycles. The summed E-state index contributed by atoms with van der Waals surface area (Å²) in [6, 6.07) is 7.02. The van der Waals surface area contributed by atoms with Crippen LogP contribution in [0, 0.1) is 5.92 Å². The van der Waals surface area contributed by atoms with Crippen molar-refractivity contribution in [1.29, 1.82) is 0 Å². The van der Waals surface area contributed by atoms with E-state index in [4.69, 9.17) is 4.74 Å². The van der Waals surface area contributed by atoms with E-state index in [1.807, 2.05) is 0 Å². The lowest BCUT2D eigenvalue weighted by atomic mass is 9.98. The van der Waals surface area contributed by atoms with Crippen LogP contribution in [0.3, 0.4) is 0 Å². The molecule has 3 rings (SSSR count). The van der Waals surface area contributed by atoms with E-state index in [9.17, 15) is 0 Å². The first kappa shape index (κ1) is 13.7. The SMILES string of the molecule is CC(C)N1CCCC(COc2cccc3c2CCN3)C1. The third-order valence-electron chi connectivity index (χ3n) is 4.58. The molecule has 1 fully saturated rings. The second-order valence-electron chi connectivity index (χ2n) is 6.37. The summed E-state index contributed by atoms with van der Waals surface area (Å²) in [4.78, 5) is 2.58. The topological polar surface area (TPSA) is 24.5 Å². The highest BCUT2D eigenvalue weighted by molar-refractivity contribution is 5.61. The van der Waals surface area contributed by atoms with E-state index in [1.54, 1.807) is 0 Å². The first-order valence-electron chi connectivity index (χ1n) is 7.96. The molecule has 1 aromatic rings. The van der Waals surface area contributed by atoms with E-state index >= 15 is 0 Å². The normalized spacial score (nSPS) is 22.6. The van der Waals surface area contributed by atoms with Crippen molar-refractivity contribution in [1.82, 2.24) is 4.90 Å². The molecule has 0 radical (unpaired) electrons. The highest BCUT2D eigenvalue weighted by Crippen LogP contribution is 2.31. The Hall–Kier alpha value is -1.22. The van der Waals surface area contributed by atoms with Crippen LogP contribution in [0.5, 0.6) is 5.75 Å². The van der Waals surface area contributed by atoms with E-state index in [0.29, 0.717) is 12.0 Å². The molecule has 1 N–H and O–H groups in total. The molecule has 0 bridgehead atoms. The second-order valence-corrected chi connectivity index (χ2v) is 6.37. The Kier molecular flexibility index (Phi) is 4.16. The Balaban J connectivity index is 1.58. The molecule has 2 aliphatic heterocycles. The fourth-order valence-electron chi connectivity index (χ4n) is 3.36. The maximum atomic E-state index is 6.15. The Morgan fingerprint density at radius 3 is 3.15 bits per heavy atom. The van der Waals surface area contributed by atoms with Gasteiger partial charge in [-0.15, -0.1) is 0 Å². The van der Waals surface area contributed by atoms with E-state index < -0.39 is 0 Å². The second kappa shape index (κ2) is 6.04. The highest BCUT2D eigenvalue weighted by Gasteiger charge is 2.23. The molecular formula is C17H26N2O. The number of hydrogen-bond donors (Lipinski definition) is 1. The van der Waals surface area contributed by atoms with Gasteiger partial charge in [0.25, 0.3) is 0 Å². The standard InChI is InChI=1S/C17H26N2O/c1-13(2)19-10-4-5-14(11-19)12-20-17-7-3-6-16-15(17)8-9-18-16/h3,6-7,13-14,18H,4-5,8-12H2,1-2H3. The van der Waals surface area contributed by atoms with Gasteiger partial charge in [-0.3, -0.25) is 0 Å². The van der Waals surface area contributed by atoms with E-state index in [-0.39, 0.29) is 0 Å². The van der Waals surface area contributed by atoms with Gasteiger partial charge in [0.15, 0.2) is 0 Å². The zero-order valence-corrected chi connectivity index (χ0v) is 12.7. The third-order valence-corrected chi connectivity index (χ3v) is 4.58. The van der Waals surface area contributed by atoms with E-state index in [1.165, 1.54) is 37.2 Å². The van der Waals surface area contributed by atoms with Gasteiger partial charge < -0.3 is 15.0 Å². The maximum Gasteiger partial charge on any atom is 0.124 e. The molecule has 0 spiro atoms. The number of anilines is 1. The number of rotatable bonds is 4. The quantitative estimate of drug-likeness (QED) is 0.913. The molecule has 1 atom stereocenters. The molecule has 1 aromatic carbocycles.